The molecule has 0 N–H and O–H groups in total. The van der Waals surface area contributed by atoms with Crippen molar-refractivity contribution in [1.29, 1.82) is 0 Å². The van der Waals surface area contributed by atoms with Crippen LogP contribution in [0.2, 0.25) is 0 Å². The Morgan fingerprint density at radius 2 is 1.93 bits per heavy atom. The van der Waals surface area contributed by atoms with Gasteiger partial charge in [0.05, 0.1) is 0 Å². The number of hydrogen-bond acceptors (Lipinski definition) is 0. The van der Waals surface area contributed by atoms with Gasteiger partial charge < -0.3 is 0 Å². The van der Waals surface area contributed by atoms with Crippen LogP contribution >= 0.6 is 0 Å². The molecule has 78 valence electrons. The summed E-state index contributed by atoms with van der Waals surface area (Å²) >= 11 is 0. The zero-order valence-electron chi connectivity index (χ0n) is 9.53. The molecule has 0 heteroatoms. The Bertz CT molecular complexity index is 384. The fraction of sp³-hybridized carbons (Fsp3) is 0.333. The van der Waals surface area contributed by atoms with E-state index in [1.54, 1.807) is 0 Å². The van der Waals surface area contributed by atoms with Crippen LogP contribution in [0.5, 0.6) is 0 Å². The molecule has 2 rings (SSSR count). The van der Waals surface area contributed by atoms with Crippen LogP contribution in [-0.4, -0.2) is 0 Å². The average Bonchev–Trinajstić information content (AvgIpc) is 2.83. The average molecular weight is 198 g/mol. The molecule has 0 nitrogen and oxygen atoms in total. The minimum Gasteiger partial charge on any atom is -0.0804 e. The van der Waals surface area contributed by atoms with Crippen molar-refractivity contribution in [3.05, 3.63) is 59.7 Å². The maximum absolute atomic E-state index is 2.34. The van der Waals surface area contributed by atoms with E-state index in [0.717, 1.165) is 12.8 Å². The van der Waals surface area contributed by atoms with Crippen molar-refractivity contribution in [2.45, 2.75) is 32.1 Å². The molecule has 1 aromatic carbocycles. The van der Waals surface area contributed by atoms with Crippen LogP contribution in [0.1, 0.15) is 32.3 Å². The van der Waals surface area contributed by atoms with Gasteiger partial charge >= 0.3 is 0 Å². The molecule has 0 heterocycles. The third-order valence-corrected chi connectivity index (χ3v) is 3.53. The Morgan fingerprint density at radius 1 is 1.20 bits per heavy atom. The van der Waals surface area contributed by atoms with E-state index in [9.17, 15) is 0 Å². The molecule has 0 radical (unpaired) electrons. The smallest absolute Gasteiger partial charge is 0.0169 e. The molecule has 1 aromatic rings. The predicted octanol–water partition coefficient (Wildman–Crippen LogP) is 4.24. The lowest BCUT2D eigenvalue weighted by Crippen LogP contribution is -2.22. The first-order valence-corrected chi connectivity index (χ1v) is 5.70. The molecule has 0 aromatic heterocycles. The van der Waals surface area contributed by atoms with Gasteiger partial charge in [0, 0.05) is 5.41 Å². The van der Waals surface area contributed by atoms with Gasteiger partial charge in [0.1, 0.15) is 0 Å². The summed E-state index contributed by atoms with van der Waals surface area (Å²) in [6.45, 7) is 4.60. The first-order valence-electron chi connectivity index (χ1n) is 5.70. The third-order valence-electron chi connectivity index (χ3n) is 3.53. The predicted molar refractivity (Wildman–Crippen MR) is 65.9 cm³/mol. The SMILES string of the molecule is CCC(C)(C1=CCC=C1)c1ccccc1. The van der Waals surface area contributed by atoms with E-state index in [2.05, 4.69) is 62.4 Å². The minimum atomic E-state index is 0.189. The zero-order valence-corrected chi connectivity index (χ0v) is 9.53. The molecule has 1 aliphatic rings. The van der Waals surface area contributed by atoms with Crippen LogP contribution in [-0.2, 0) is 5.41 Å². The topological polar surface area (TPSA) is 0 Å². The van der Waals surface area contributed by atoms with Crippen LogP contribution in [0.25, 0.3) is 0 Å². The van der Waals surface area contributed by atoms with E-state index < -0.39 is 0 Å². The molecule has 1 unspecified atom stereocenters. The van der Waals surface area contributed by atoms with E-state index in [1.807, 2.05) is 0 Å². The summed E-state index contributed by atoms with van der Waals surface area (Å²) in [7, 11) is 0. The summed E-state index contributed by atoms with van der Waals surface area (Å²) in [6, 6.07) is 10.8. The van der Waals surface area contributed by atoms with E-state index in [1.165, 1.54) is 11.1 Å². The van der Waals surface area contributed by atoms with Crippen LogP contribution < -0.4 is 0 Å². The summed E-state index contributed by atoms with van der Waals surface area (Å²) in [4.78, 5) is 0. The monoisotopic (exact) mass is 198 g/mol. The number of benzene rings is 1. The van der Waals surface area contributed by atoms with E-state index in [-0.39, 0.29) is 5.41 Å². The van der Waals surface area contributed by atoms with Crippen molar-refractivity contribution in [2.75, 3.05) is 0 Å². The zero-order chi connectivity index (χ0) is 10.7. The highest BCUT2D eigenvalue weighted by atomic mass is 14.3. The maximum atomic E-state index is 2.34. The van der Waals surface area contributed by atoms with E-state index >= 15 is 0 Å². The molecule has 0 bridgehead atoms. The second kappa shape index (κ2) is 4.06. The second-order valence-electron chi connectivity index (χ2n) is 4.35. The Labute approximate surface area is 92.3 Å². The lowest BCUT2D eigenvalue weighted by molar-refractivity contribution is 0.549. The third kappa shape index (κ3) is 1.77. The Morgan fingerprint density at radius 3 is 2.47 bits per heavy atom. The Hall–Kier alpha value is -1.30. The summed E-state index contributed by atoms with van der Waals surface area (Å²) in [6.07, 6.45) is 9.10. The molecule has 0 saturated carbocycles. The van der Waals surface area contributed by atoms with Crippen LogP contribution in [0.4, 0.5) is 0 Å². The molecule has 0 fully saturated rings. The summed E-state index contributed by atoms with van der Waals surface area (Å²) in [5.41, 5.74) is 3.08. The molecular formula is C15H18. The fourth-order valence-electron chi connectivity index (χ4n) is 2.25. The second-order valence-corrected chi connectivity index (χ2v) is 4.35. The molecule has 0 amide bonds. The number of rotatable bonds is 3. The van der Waals surface area contributed by atoms with Crippen molar-refractivity contribution in [2.24, 2.45) is 0 Å². The Kier molecular flexibility index (Phi) is 2.77. The molecule has 1 atom stereocenters. The standard InChI is InChI=1S/C15H18/c1-3-15(2,14-11-7-8-12-14)13-9-5-4-6-10-13/h4-7,9-12H,3,8H2,1-2H3. The number of hydrogen-bond donors (Lipinski definition) is 0. The van der Waals surface area contributed by atoms with Crippen molar-refractivity contribution >= 4 is 0 Å². The van der Waals surface area contributed by atoms with Gasteiger partial charge in [-0.2, -0.15) is 0 Å². The van der Waals surface area contributed by atoms with Crippen molar-refractivity contribution in [3.63, 3.8) is 0 Å². The van der Waals surface area contributed by atoms with Gasteiger partial charge in [-0.1, -0.05) is 62.4 Å². The van der Waals surface area contributed by atoms with Gasteiger partial charge in [-0.3, -0.25) is 0 Å². The van der Waals surface area contributed by atoms with E-state index in [0.29, 0.717) is 0 Å². The van der Waals surface area contributed by atoms with Crippen molar-refractivity contribution in [3.8, 4) is 0 Å². The first-order chi connectivity index (χ1) is 7.27. The highest BCUT2D eigenvalue weighted by Crippen LogP contribution is 2.37. The molecule has 0 aliphatic heterocycles. The van der Waals surface area contributed by atoms with Crippen LogP contribution in [0.15, 0.2) is 54.1 Å². The molecule has 15 heavy (non-hydrogen) atoms. The minimum absolute atomic E-state index is 0.189. The van der Waals surface area contributed by atoms with Crippen molar-refractivity contribution < 1.29 is 0 Å². The molecular weight excluding hydrogens is 180 g/mol. The first kappa shape index (κ1) is 10.2. The fourth-order valence-corrected chi connectivity index (χ4v) is 2.25. The van der Waals surface area contributed by atoms with Gasteiger partial charge in [-0.25, -0.2) is 0 Å². The highest BCUT2D eigenvalue weighted by molar-refractivity contribution is 5.43. The van der Waals surface area contributed by atoms with Crippen molar-refractivity contribution in [1.82, 2.24) is 0 Å². The normalized spacial score (nSPS) is 18.7. The lowest BCUT2D eigenvalue weighted by Gasteiger charge is -2.30. The highest BCUT2D eigenvalue weighted by Gasteiger charge is 2.28. The van der Waals surface area contributed by atoms with Gasteiger partial charge in [0.25, 0.3) is 0 Å². The van der Waals surface area contributed by atoms with Crippen LogP contribution in [0, 0.1) is 0 Å². The van der Waals surface area contributed by atoms with Gasteiger partial charge in [0.2, 0.25) is 0 Å². The van der Waals surface area contributed by atoms with E-state index in [4.69, 9.17) is 0 Å². The number of allylic oxidation sites excluding steroid dienone is 4. The molecule has 0 spiro atoms. The summed E-state index contributed by atoms with van der Waals surface area (Å²) < 4.78 is 0. The Balaban J connectivity index is 2.41. The van der Waals surface area contributed by atoms with Gasteiger partial charge in [0.15, 0.2) is 0 Å². The van der Waals surface area contributed by atoms with Gasteiger partial charge in [-0.15, -0.1) is 0 Å². The lowest BCUT2D eigenvalue weighted by atomic mass is 9.74. The molecule has 1 aliphatic carbocycles. The summed E-state index contributed by atoms with van der Waals surface area (Å²) in [5, 5.41) is 0. The quantitative estimate of drug-likeness (QED) is 0.681. The van der Waals surface area contributed by atoms with Crippen LogP contribution in [0.3, 0.4) is 0 Å². The summed E-state index contributed by atoms with van der Waals surface area (Å²) in [5.74, 6) is 0. The maximum Gasteiger partial charge on any atom is 0.0169 e. The largest absolute Gasteiger partial charge is 0.0804 e. The molecule has 0 saturated heterocycles. The van der Waals surface area contributed by atoms with Gasteiger partial charge in [-0.05, 0) is 24.0 Å².